The summed E-state index contributed by atoms with van der Waals surface area (Å²) >= 11 is 1.78. The second-order valence-electron chi connectivity index (χ2n) is 6.34. The molecule has 3 atom stereocenters. The van der Waals surface area contributed by atoms with Crippen LogP contribution in [0.15, 0.2) is 5.38 Å². The molecule has 3 heterocycles. The van der Waals surface area contributed by atoms with E-state index in [2.05, 4.69) is 29.5 Å². The summed E-state index contributed by atoms with van der Waals surface area (Å²) in [5.41, 5.74) is 1.13. The lowest BCUT2D eigenvalue weighted by molar-refractivity contribution is -0.103. The van der Waals surface area contributed by atoms with Gasteiger partial charge in [0, 0.05) is 43.2 Å². The summed E-state index contributed by atoms with van der Waals surface area (Å²) in [6.45, 7) is 7.76. The monoisotopic (exact) mass is 310 g/mol. The van der Waals surface area contributed by atoms with Crippen LogP contribution in [0, 0.1) is 12.8 Å². The van der Waals surface area contributed by atoms with Crippen molar-refractivity contribution >= 4 is 11.3 Å². The third-order valence-electron chi connectivity index (χ3n) is 4.69. The van der Waals surface area contributed by atoms with E-state index in [9.17, 15) is 0 Å². The molecular formula is C16H26N2O2S. The van der Waals surface area contributed by atoms with Crippen LogP contribution in [0.1, 0.15) is 36.9 Å². The van der Waals surface area contributed by atoms with Gasteiger partial charge in [-0.1, -0.05) is 6.92 Å². The number of likely N-dealkylation sites (N-methyl/N-ethyl adjacent to an activating group) is 1. The Morgan fingerprint density at radius 3 is 3.10 bits per heavy atom. The van der Waals surface area contributed by atoms with Crippen LogP contribution < -0.4 is 5.32 Å². The molecule has 21 heavy (non-hydrogen) atoms. The minimum Gasteiger partial charge on any atom is -0.378 e. The molecule has 3 rings (SSSR count). The van der Waals surface area contributed by atoms with Crippen LogP contribution in [0.3, 0.4) is 0 Å². The molecule has 0 saturated carbocycles. The highest BCUT2D eigenvalue weighted by Crippen LogP contribution is 2.37. The molecule has 2 aliphatic rings. The number of nitrogens with zero attached hydrogens (tertiary/aromatic N) is 1. The van der Waals surface area contributed by atoms with E-state index in [1.54, 1.807) is 11.3 Å². The standard InChI is InChI=1S/C16H26N2O2S/c1-3-17-14(8-15-18-12(2)10-21-15)13-4-6-20-16(9-13)5-7-19-11-16/h10,13-14,17H,3-9,11H2,1-2H3. The number of thiazole rings is 1. The van der Waals surface area contributed by atoms with Crippen molar-refractivity contribution in [1.29, 1.82) is 0 Å². The normalized spacial score (nSPS) is 30.9. The smallest absolute Gasteiger partial charge is 0.0943 e. The molecule has 0 aliphatic carbocycles. The predicted octanol–water partition coefficient (Wildman–Crippen LogP) is 2.56. The molecular weight excluding hydrogens is 284 g/mol. The third kappa shape index (κ3) is 3.65. The second kappa shape index (κ2) is 6.73. The topological polar surface area (TPSA) is 43.4 Å². The summed E-state index contributed by atoms with van der Waals surface area (Å²) < 4.78 is 11.7. The molecule has 0 aromatic carbocycles. The molecule has 1 N–H and O–H groups in total. The Labute approximate surface area is 131 Å². The molecule has 2 saturated heterocycles. The first-order valence-corrected chi connectivity index (χ1v) is 8.95. The number of nitrogens with one attached hydrogen (secondary N) is 1. The first-order valence-electron chi connectivity index (χ1n) is 8.07. The Balaban J connectivity index is 1.67. The van der Waals surface area contributed by atoms with Gasteiger partial charge >= 0.3 is 0 Å². The van der Waals surface area contributed by atoms with E-state index in [-0.39, 0.29) is 5.60 Å². The van der Waals surface area contributed by atoms with Gasteiger partial charge in [-0.2, -0.15) is 0 Å². The van der Waals surface area contributed by atoms with Gasteiger partial charge in [-0.25, -0.2) is 4.98 Å². The van der Waals surface area contributed by atoms with E-state index >= 15 is 0 Å². The van der Waals surface area contributed by atoms with Gasteiger partial charge in [0.2, 0.25) is 0 Å². The summed E-state index contributed by atoms with van der Waals surface area (Å²) in [4.78, 5) is 4.64. The number of hydrogen-bond acceptors (Lipinski definition) is 5. The third-order valence-corrected chi connectivity index (χ3v) is 5.68. The van der Waals surface area contributed by atoms with Gasteiger partial charge in [0.25, 0.3) is 0 Å². The zero-order valence-electron chi connectivity index (χ0n) is 13.1. The van der Waals surface area contributed by atoms with Gasteiger partial charge in [-0.05, 0) is 32.2 Å². The molecule has 2 fully saturated rings. The second-order valence-corrected chi connectivity index (χ2v) is 7.28. The van der Waals surface area contributed by atoms with Crippen molar-refractivity contribution < 1.29 is 9.47 Å². The Bertz CT molecular complexity index is 457. The Kier molecular flexibility index (Phi) is 4.94. The molecule has 1 aromatic rings. The summed E-state index contributed by atoms with van der Waals surface area (Å²) in [5, 5.41) is 7.09. The lowest BCUT2D eigenvalue weighted by atomic mass is 9.80. The fourth-order valence-electron chi connectivity index (χ4n) is 3.62. The summed E-state index contributed by atoms with van der Waals surface area (Å²) in [5.74, 6) is 0.657. The number of aryl methyl sites for hydroxylation is 1. The van der Waals surface area contributed by atoms with Gasteiger partial charge in [0.15, 0.2) is 0 Å². The fourth-order valence-corrected chi connectivity index (χ4v) is 4.46. The Morgan fingerprint density at radius 1 is 1.52 bits per heavy atom. The lowest BCUT2D eigenvalue weighted by Crippen LogP contribution is -2.48. The van der Waals surface area contributed by atoms with Crippen LogP contribution in [0.2, 0.25) is 0 Å². The van der Waals surface area contributed by atoms with Gasteiger partial charge in [-0.3, -0.25) is 0 Å². The average Bonchev–Trinajstić information content (AvgIpc) is 3.08. The maximum Gasteiger partial charge on any atom is 0.0943 e. The maximum atomic E-state index is 6.07. The zero-order valence-corrected chi connectivity index (χ0v) is 13.9. The SMILES string of the molecule is CCNC(Cc1nc(C)cs1)C1CCOC2(CCOC2)C1. The molecule has 3 unspecified atom stereocenters. The molecule has 0 bridgehead atoms. The van der Waals surface area contributed by atoms with Crippen molar-refractivity contribution in [1.82, 2.24) is 10.3 Å². The van der Waals surface area contributed by atoms with E-state index in [1.165, 1.54) is 5.01 Å². The van der Waals surface area contributed by atoms with Crippen LogP contribution in [0.4, 0.5) is 0 Å². The minimum absolute atomic E-state index is 0.00458. The lowest BCUT2D eigenvalue weighted by Gasteiger charge is -2.40. The van der Waals surface area contributed by atoms with Gasteiger partial charge < -0.3 is 14.8 Å². The minimum atomic E-state index is -0.00458. The van der Waals surface area contributed by atoms with Crippen molar-refractivity contribution in [3.05, 3.63) is 16.1 Å². The van der Waals surface area contributed by atoms with E-state index in [0.717, 1.165) is 57.7 Å². The molecule has 118 valence electrons. The van der Waals surface area contributed by atoms with E-state index in [4.69, 9.17) is 9.47 Å². The number of aromatic nitrogens is 1. The average molecular weight is 310 g/mol. The van der Waals surface area contributed by atoms with Crippen molar-refractivity contribution in [2.24, 2.45) is 5.92 Å². The van der Waals surface area contributed by atoms with Crippen molar-refractivity contribution in [3.63, 3.8) is 0 Å². The van der Waals surface area contributed by atoms with E-state index < -0.39 is 0 Å². The van der Waals surface area contributed by atoms with Gasteiger partial charge in [0.05, 0.1) is 17.2 Å². The van der Waals surface area contributed by atoms with Crippen molar-refractivity contribution in [2.45, 2.75) is 51.2 Å². The first-order chi connectivity index (χ1) is 10.2. The zero-order chi connectivity index (χ0) is 14.7. The van der Waals surface area contributed by atoms with Gasteiger partial charge in [-0.15, -0.1) is 11.3 Å². The summed E-state index contributed by atoms with van der Waals surface area (Å²) in [7, 11) is 0. The van der Waals surface area contributed by atoms with E-state index in [1.807, 2.05) is 0 Å². The summed E-state index contributed by atoms with van der Waals surface area (Å²) in [6, 6.07) is 0.502. The molecule has 0 amide bonds. The fraction of sp³-hybridized carbons (Fsp3) is 0.812. The highest BCUT2D eigenvalue weighted by Gasteiger charge is 2.42. The van der Waals surface area contributed by atoms with Crippen LogP contribution in [-0.4, -0.2) is 43.0 Å². The molecule has 4 nitrogen and oxygen atoms in total. The Hall–Kier alpha value is -0.490. The van der Waals surface area contributed by atoms with Crippen molar-refractivity contribution in [2.75, 3.05) is 26.4 Å². The molecule has 0 radical (unpaired) electrons. The Morgan fingerprint density at radius 2 is 2.43 bits per heavy atom. The molecule has 1 spiro atoms. The highest BCUT2D eigenvalue weighted by molar-refractivity contribution is 7.09. The largest absolute Gasteiger partial charge is 0.378 e. The van der Waals surface area contributed by atoms with Crippen LogP contribution >= 0.6 is 11.3 Å². The maximum absolute atomic E-state index is 6.07. The van der Waals surface area contributed by atoms with Crippen LogP contribution in [0.25, 0.3) is 0 Å². The van der Waals surface area contributed by atoms with Gasteiger partial charge in [0.1, 0.15) is 0 Å². The van der Waals surface area contributed by atoms with Crippen LogP contribution in [0.5, 0.6) is 0 Å². The number of hydrogen-bond donors (Lipinski definition) is 1. The quantitative estimate of drug-likeness (QED) is 0.908. The first kappa shape index (κ1) is 15.4. The molecule has 2 aliphatic heterocycles. The molecule has 1 aromatic heterocycles. The van der Waals surface area contributed by atoms with Crippen LogP contribution in [-0.2, 0) is 15.9 Å². The number of rotatable bonds is 5. The molecule has 5 heteroatoms. The van der Waals surface area contributed by atoms with E-state index in [0.29, 0.717) is 12.0 Å². The van der Waals surface area contributed by atoms with Crippen molar-refractivity contribution in [3.8, 4) is 0 Å². The number of ether oxygens (including phenoxy) is 2. The predicted molar refractivity (Wildman–Crippen MR) is 84.9 cm³/mol. The highest BCUT2D eigenvalue weighted by atomic mass is 32.1. The summed E-state index contributed by atoms with van der Waals surface area (Å²) in [6.07, 6.45) is 4.35.